The van der Waals surface area contributed by atoms with E-state index in [1.165, 1.54) is 0 Å². The molecule has 142 valence electrons. The molecule has 0 spiro atoms. The van der Waals surface area contributed by atoms with Gasteiger partial charge in [-0.1, -0.05) is 42.5 Å². The number of benzene rings is 2. The molecule has 0 saturated carbocycles. The van der Waals surface area contributed by atoms with Crippen molar-refractivity contribution in [3.8, 4) is 34.1 Å². The highest BCUT2D eigenvalue weighted by Gasteiger charge is 2.25. The van der Waals surface area contributed by atoms with E-state index in [1.54, 1.807) is 25.6 Å². The average Bonchev–Trinajstić information content (AvgIpc) is 2.98. The van der Waals surface area contributed by atoms with Crippen molar-refractivity contribution in [3.05, 3.63) is 65.5 Å². The molecule has 3 rings (SSSR count). The lowest BCUT2D eigenvalue weighted by Gasteiger charge is -2.10. The summed E-state index contributed by atoms with van der Waals surface area (Å²) in [6.45, 7) is 3.87. The van der Waals surface area contributed by atoms with Crippen molar-refractivity contribution in [1.29, 1.82) is 5.26 Å². The standard InChI is InChI=1S/C23H22N2O3/c1-5-28-23(26)22-21(19(14-24)15(2)25(22)3)17-12-10-16(11-13-17)18-8-6-7-9-20(18)27-4/h6-13H,5H2,1-4H3. The molecule has 28 heavy (non-hydrogen) atoms. The van der Waals surface area contributed by atoms with E-state index < -0.39 is 5.97 Å². The first-order valence-electron chi connectivity index (χ1n) is 9.03. The molecule has 0 bridgehead atoms. The Morgan fingerprint density at radius 2 is 1.75 bits per heavy atom. The van der Waals surface area contributed by atoms with Crippen LogP contribution in [0.3, 0.4) is 0 Å². The molecule has 0 aliphatic heterocycles. The van der Waals surface area contributed by atoms with Gasteiger partial charge in [-0.3, -0.25) is 0 Å². The van der Waals surface area contributed by atoms with Gasteiger partial charge in [-0.2, -0.15) is 5.26 Å². The second kappa shape index (κ2) is 8.01. The molecule has 0 unspecified atom stereocenters. The molecular weight excluding hydrogens is 352 g/mol. The average molecular weight is 374 g/mol. The number of nitrogens with zero attached hydrogens (tertiary/aromatic N) is 2. The number of hydrogen-bond acceptors (Lipinski definition) is 4. The summed E-state index contributed by atoms with van der Waals surface area (Å²) in [4.78, 5) is 12.5. The van der Waals surface area contributed by atoms with Gasteiger partial charge in [0.2, 0.25) is 0 Å². The summed E-state index contributed by atoms with van der Waals surface area (Å²) in [5, 5.41) is 9.68. The van der Waals surface area contributed by atoms with Gasteiger partial charge >= 0.3 is 5.97 Å². The zero-order valence-corrected chi connectivity index (χ0v) is 16.4. The van der Waals surface area contributed by atoms with Gasteiger partial charge in [0.25, 0.3) is 0 Å². The zero-order valence-electron chi connectivity index (χ0n) is 16.4. The molecule has 1 aromatic heterocycles. The fraction of sp³-hybridized carbons (Fsp3) is 0.217. The number of rotatable bonds is 5. The number of nitriles is 1. The lowest BCUT2D eigenvalue weighted by Crippen LogP contribution is -2.11. The minimum atomic E-state index is -0.432. The minimum Gasteiger partial charge on any atom is -0.496 e. The van der Waals surface area contributed by atoms with Gasteiger partial charge in [0.15, 0.2) is 0 Å². The highest BCUT2D eigenvalue weighted by atomic mass is 16.5. The summed E-state index contributed by atoms with van der Waals surface area (Å²) in [6.07, 6.45) is 0. The van der Waals surface area contributed by atoms with Crippen molar-refractivity contribution in [3.63, 3.8) is 0 Å². The highest BCUT2D eigenvalue weighted by Crippen LogP contribution is 2.35. The predicted molar refractivity (Wildman–Crippen MR) is 108 cm³/mol. The number of hydrogen-bond donors (Lipinski definition) is 0. The molecular formula is C23H22N2O3. The second-order valence-electron chi connectivity index (χ2n) is 6.35. The fourth-order valence-electron chi connectivity index (χ4n) is 3.36. The van der Waals surface area contributed by atoms with Crippen molar-refractivity contribution < 1.29 is 14.3 Å². The minimum absolute atomic E-state index is 0.275. The van der Waals surface area contributed by atoms with Gasteiger partial charge < -0.3 is 14.0 Å². The first kappa shape index (κ1) is 19.2. The van der Waals surface area contributed by atoms with Crippen molar-refractivity contribution in [2.24, 2.45) is 7.05 Å². The van der Waals surface area contributed by atoms with E-state index in [4.69, 9.17) is 9.47 Å². The van der Waals surface area contributed by atoms with Crippen LogP contribution in [0.15, 0.2) is 48.5 Å². The summed E-state index contributed by atoms with van der Waals surface area (Å²) in [7, 11) is 3.42. The molecule has 1 heterocycles. The first-order chi connectivity index (χ1) is 13.5. The molecule has 0 amide bonds. The van der Waals surface area contributed by atoms with E-state index in [2.05, 4.69) is 6.07 Å². The molecule has 0 aliphatic carbocycles. The van der Waals surface area contributed by atoms with E-state index in [-0.39, 0.29) is 6.61 Å². The van der Waals surface area contributed by atoms with Crippen LogP contribution < -0.4 is 4.74 Å². The molecule has 0 saturated heterocycles. The Hall–Kier alpha value is -3.52. The number of esters is 1. The number of para-hydroxylation sites is 1. The quantitative estimate of drug-likeness (QED) is 0.606. The number of ether oxygens (including phenoxy) is 2. The lowest BCUT2D eigenvalue weighted by molar-refractivity contribution is 0.0516. The Morgan fingerprint density at radius 1 is 1.11 bits per heavy atom. The van der Waals surface area contributed by atoms with Gasteiger partial charge in [0, 0.05) is 23.9 Å². The number of carbonyl (C=O) groups excluding carboxylic acids is 1. The van der Waals surface area contributed by atoms with Gasteiger partial charge in [0.1, 0.15) is 17.5 Å². The molecule has 0 N–H and O–H groups in total. The molecule has 0 atom stereocenters. The number of methoxy groups -OCH3 is 1. The maximum absolute atomic E-state index is 12.5. The Balaban J connectivity index is 2.13. The van der Waals surface area contributed by atoms with Crippen molar-refractivity contribution in [2.75, 3.05) is 13.7 Å². The Morgan fingerprint density at radius 3 is 2.36 bits per heavy atom. The van der Waals surface area contributed by atoms with Crippen LogP contribution in [0.5, 0.6) is 5.75 Å². The van der Waals surface area contributed by atoms with Gasteiger partial charge in [0.05, 0.1) is 19.3 Å². The van der Waals surface area contributed by atoms with Crippen molar-refractivity contribution in [2.45, 2.75) is 13.8 Å². The lowest BCUT2D eigenvalue weighted by atomic mass is 9.97. The monoisotopic (exact) mass is 374 g/mol. The topological polar surface area (TPSA) is 64.2 Å². The smallest absolute Gasteiger partial charge is 0.355 e. The van der Waals surface area contributed by atoms with Crippen LogP contribution in [0.25, 0.3) is 22.3 Å². The molecule has 0 fully saturated rings. The van der Waals surface area contributed by atoms with Crippen molar-refractivity contribution in [1.82, 2.24) is 4.57 Å². The second-order valence-corrected chi connectivity index (χ2v) is 6.35. The third-order valence-corrected chi connectivity index (χ3v) is 4.86. The van der Waals surface area contributed by atoms with Crippen LogP contribution in [0, 0.1) is 18.3 Å². The van der Waals surface area contributed by atoms with Crippen LogP contribution >= 0.6 is 0 Å². The molecule has 3 aromatic rings. The zero-order chi connectivity index (χ0) is 20.3. The third-order valence-electron chi connectivity index (χ3n) is 4.86. The molecule has 5 heteroatoms. The molecule has 0 radical (unpaired) electrons. The summed E-state index contributed by atoms with van der Waals surface area (Å²) in [5.41, 5.74) is 4.97. The Bertz CT molecular complexity index is 1060. The van der Waals surface area contributed by atoms with Gasteiger partial charge in [-0.15, -0.1) is 0 Å². The van der Waals surface area contributed by atoms with Crippen LogP contribution in [-0.2, 0) is 11.8 Å². The van der Waals surface area contributed by atoms with Crippen LogP contribution in [-0.4, -0.2) is 24.3 Å². The SMILES string of the molecule is CCOC(=O)c1c(-c2ccc(-c3ccccc3OC)cc2)c(C#N)c(C)n1C. The number of aromatic nitrogens is 1. The van der Waals surface area contributed by atoms with Gasteiger partial charge in [-0.05, 0) is 31.0 Å². The normalized spacial score (nSPS) is 10.4. The first-order valence-corrected chi connectivity index (χ1v) is 9.03. The van der Waals surface area contributed by atoms with Gasteiger partial charge in [-0.25, -0.2) is 4.79 Å². The third kappa shape index (κ3) is 3.25. The molecule has 0 aliphatic rings. The van der Waals surface area contributed by atoms with E-state index in [0.29, 0.717) is 16.8 Å². The summed E-state index contributed by atoms with van der Waals surface area (Å²) < 4.78 is 12.4. The van der Waals surface area contributed by atoms with Crippen molar-refractivity contribution >= 4 is 5.97 Å². The maximum Gasteiger partial charge on any atom is 0.355 e. The predicted octanol–water partition coefficient (Wildman–Crippen LogP) is 4.72. The van der Waals surface area contributed by atoms with Crippen LogP contribution in [0.2, 0.25) is 0 Å². The Kier molecular flexibility index (Phi) is 5.51. The summed E-state index contributed by atoms with van der Waals surface area (Å²) in [6, 6.07) is 17.8. The fourth-order valence-corrected chi connectivity index (χ4v) is 3.36. The highest BCUT2D eigenvalue weighted by molar-refractivity contribution is 5.98. The molecule has 5 nitrogen and oxygen atoms in total. The summed E-state index contributed by atoms with van der Waals surface area (Å²) in [5.74, 6) is 0.356. The molecule has 2 aromatic carbocycles. The number of carbonyl (C=O) groups is 1. The Labute approximate surface area is 164 Å². The van der Waals surface area contributed by atoms with E-state index in [0.717, 1.165) is 28.1 Å². The maximum atomic E-state index is 12.5. The van der Waals surface area contributed by atoms with Crippen LogP contribution in [0.4, 0.5) is 0 Å². The van der Waals surface area contributed by atoms with Crippen LogP contribution in [0.1, 0.15) is 28.7 Å². The summed E-state index contributed by atoms with van der Waals surface area (Å²) >= 11 is 0. The largest absolute Gasteiger partial charge is 0.496 e. The van der Waals surface area contributed by atoms with E-state index >= 15 is 0 Å². The van der Waals surface area contributed by atoms with E-state index in [9.17, 15) is 10.1 Å². The van der Waals surface area contributed by atoms with E-state index in [1.807, 2.05) is 55.5 Å².